The highest BCUT2D eigenvalue weighted by atomic mass is 19.1. The Morgan fingerprint density at radius 3 is 2.78 bits per heavy atom. The van der Waals surface area contributed by atoms with Crippen LogP contribution in [0.1, 0.15) is 17.2 Å². The molecule has 2 aromatic rings. The van der Waals surface area contributed by atoms with E-state index >= 15 is 0 Å². The molecule has 0 aliphatic rings. The van der Waals surface area contributed by atoms with Gasteiger partial charge in [-0.15, -0.1) is 10.2 Å². The van der Waals surface area contributed by atoms with Crippen LogP contribution in [-0.4, -0.2) is 14.8 Å². The van der Waals surface area contributed by atoms with E-state index in [1.54, 1.807) is 16.7 Å². The molecule has 0 radical (unpaired) electrons. The minimum atomic E-state index is -0.420. The predicted molar refractivity (Wildman–Crippen MR) is 64.4 cm³/mol. The number of halogens is 1. The molecule has 0 aliphatic carbocycles. The highest BCUT2D eigenvalue weighted by Gasteiger charge is 2.11. The van der Waals surface area contributed by atoms with Gasteiger partial charge in [-0.05, 0) is 13.0 Å². The molecular formula is C12H15FN4O. The van der Waals surface area contributed by atoms with E-state index in [0.29, 0.717) is 11.4 Å². The van der Waals surface area contributed by atoms with E-state index in [4.69, 9.17) is 10.5 Å². The zero-order valence-electron chi connectivity index (χ0n) is 10.4. The van der Waals surface area contributed by atoms with Gasteiger partial charge in [0.15, 0.2) is 17.4 Å². The number of aromatic nitrogens is 3. The number of hydrogen-bond donors (Lipinski definition) is 1. The molecular weight excluding hydrogens is 235 g/mol. The first-order chi connectivity index (χ1) is 8.63. The smallest absolute Gasteiger partial charge is 0.170 e. The van der Waals surface area contributed by atoms with E-state index in [2.05, 4.69) is 10.2 Å². The van der Waals surface area contributed by atoms with Crippen LogP contribution < -0.4 is 10.5 Å². The molecule has 5 nitrogen and oxygen atoms in total. The number of nitrogens with zero attached hydrogens (tertiary/aromatic N) is 3. The summed E-state index contributed by atoms with van der Waals surface area (Å²) in [6.07, 6.45) is 0. The van der Waals surface area contributed by atoms with Gasteiger partial charge in [0.25, 0.3) is 0 Å². The molecule has 0 atom stereocenters. The molecule has 0 unspecified atom stereocenters. The second-order valence-electron chi connectivity index (χ2n) is 3.94. The van der Waals surface area contributed by atoms with Crippen LogP contribution in [0.4, 0.5) is 4.39 Å². The van der Waals surface area contributed by atoms with Gasteiger partial charge in [0.05, 0.1) is 0 Å². The van der Waals surface area contributed by atoms with E-state index in [0.717, 1.165) is 5.82 Å². The molecule has 0 saturated carbocycles. The Morgan fingerprint density at radius 1 is 1.39 bits per heavy atom. The minimum absolute atomic E-state index is 0.158. The summed E-state index contributed by atoms with van der Waals surface area (Å²) >= 11 is 0. The standard InChI is InChI=1S/C12H15FN4O/c1-8-15-16-11(17(8)2)7-18-12-9(6-14)4-3-5-10(12)13/h3-5H,6-7,14H2,1-2H3. The summed E-state index contributed by atoms with van der Waals surface area (Å²) in [6, 6.07) is 4.69. The SMILES string of the molecule is Cc1nnc(COc2c(F)cccc2CN)n1C. The van der Waals surface area contributed by atoms with Crippen molar-refractivity contribution in [3.63, 3.8) is 0 Å². The van der Waals surface area contributed by atoms with Gasteiger partial charge in [-0.2, -0.15) is 0 Å². The summed E-state index contributed by atoms with van der Waals surface area (Å²) in [5, 5.41) is 7.86. The summed E-state index contributed by atoms with van der Waals surface area (Å²) in [4.78, 5) is 0. The van der Waals surface area contributed by atoms with Gasteiger partial charge in [0.2, 0.25) is 0 Å². The van der Waals surface area contributed by atoms with Gasteiger partial charge in [0, 0.05) is 19.2 Å². The average molecular weight is 250 g/mol. The topological polar surface area (TPSA) is 66.0 Å². The predicted octanol–water partition coefficient (Wildman–Crippen LogP) is 1.30. The zero-order chi connectivity index (χ0) is 13.1. The number of aryl methyl sites for hydroxylation is 1. The lowest BCUT2D eigenvalue weighted by Gasteiger charge is -2.10. The van der Waals surface area contributed by atoms with Gasteiger partial charge < -0.3 is 15.0 Å². The molecule has 18 heavy (non-hydrogen) atoms. The van der Waals surface area contributed by atoms with Crippen molar-refractivity contribution < 1.29 is 9.13 Å². The third kappa shape index (κ3) is 2.33. The van der Waals surface area contributed by atoms with Crippen LogP contribution in [0.2, 0.25) is 0 Å². The van der Waals surface area contributed by atoms with Gasteiger partial charge in [-0.1, -0.05) is 12.1 Å². The summed E-state index contributed by atoms with van der Waals surface area (Å²) in [6.45, 7) is 2.22. The van der Waals surface area contributed by atoms with Crippen LogP contribution in [0, 0.1) is 12.7 Å². The van der Waals surface area contributed by atoms with Crippen LogP contribution in [0.25, 0.3) is 0 Å². The molecule has 96 valence electrons. The Bertz CT molecular complexity index is 553. The number of hydrogen-bond acceptors (Lipinski definition) is 4. The first-order valence-corrected chi connectivity index (χ1v) is 5.58. The van der Waals surface area contributed by atoms with E-state index in [1.807, 2.05) is 14.0 Å². The minimum Gasteiger partial charge on any atom is -0.482 e. The normalized spacial score (nSPS) is 10.7. The van der Waals surface area contributed by atoms with E-state index in [-0.39, 0.29) is 18.9 Å². The van der Waals surface area contributed by atoms with Crippen molar-refractivity contribution in [3.05, 3.63) is 41.2 Å². The molecule has 6 heteroatoms. The highest BCUT2D eigenvalue weighted by molar-refractivity contribution is 5.34. The van der Waals surface area contributed by atoms with Gasteiger partial charge in [-0.25, -0.2) is 4.39 Å². The van der Waals surface area contributed by atoms with Crippen molar-refractivity contribution >= 4 is 0 Å². The molecule has 0 fully saturated rings. The maximum atomic E-state index is 13.6. The van der Waals surface area contributed by atoms with Crippen molar-refractivity contribution in [3.8, 4) is 5.75 Å². The maximum Gasteiger partial charge on any atom is 0.170 e. The summed E-state index contributed by atoms with van der Waals surface area (Å²) in [5.74, 6) is 1.18. The molecule has 0 amide bonds. The van der Waals surface area contributed by atoms with E-state index in [1.165, 1.54) is 6.07 Å². The molecule has 1 heterocycles. The van der Waals surface area contributed by atoms with Gasteiger partial charge in [-0.3, -0.25) is 0 Å². The zero-order valence-corrected chi connectivity index (χ0v) is 10.4. The molecule has 0 bridgehead atoms. The van der Waals surface area contributed by atoms with Crippen LogP contribution in [0.5, 0.6) is 5.75 Å². The number of ether oxygens (including phenoxy) is 1. The second-order valence-corrected chi connectivity index (χ2v) is 3.94. The Kier molecular flexibility index (Phi) is 3.57. The summed E-state index contributed by atoms with van der Waals surface area (Å²) < 4.78 is 20.9. The molecule has 0 saturated heterocycles. The Labute approximate surface area is 104 Å². The lowest BCUT2D eigenvalue weighted by Crippen LogP contribution is -2.08. The third-order valence-corrected chi connectivity index (χ3v) is 2.80. The van der Waals surface area contributed by atoms with Crippen molar-refractivity contribution in [2.45, 2.75) is 20.1 Å². The van der Waals surface area contributed by atoms with Crippen LogP contribution in [0.15, 0.2) is 18.2 Å². The average Bonchev–Trinajstić information content (AvgIpc) is 2.68. The lowest BCUT2D eigenvalue weighted by molar-refractivity contribution is 0.273. The van der Waals surface area contributed by atoms with Crippen molar-refractivity contribution in [2.75, 3.05) is 0 Å². The lowest BCUT2D eigenvalue weighted by atomic mass is 10.2. The molecule has 1 aromatic carbocycles. The fraction of sp³-hybridized carbons (Fsp3) is 0.333. The second kappa shape index (κ2) is 5.14. The summed E-state index contributed by atoms with van der Waals surface area (Å²) in [5.41, 5.74) is 6.18. The first kappa shape index (κ1) is 12.5. The number of nitrogens with two attached hydrogens (primary N) is 1. The molecule has 1 aromatic heterocycles. The van der Waals surface area contributed by atoms with E-state index < -0.39 is 5.82 Å². The van der Waals surface area contributed by atoms with E-state index in [9.17, 15) is 4.39 Å². The Hall–Kier alpha value is -1.95. The fourth-order valence-corrected chi connectivity index (χ4v) is 1.59. The Morgan fingerprint density at radius 2 is 2.17 bits per heavy atom. The van der Waals surface area contributed by atoms with Crippen LogP contribution >= 0.6 is 0 Å². The largest absolute Gasteiger partial charge is 0.482 e. The highest BCUT2D eigenvalue weighted by Crippen LogP contribution is 2.23. The van der Waals surface area contributed by atoms with Crippen LogP contribution in [0.3, 0.4) is 0 Å². The monoisotopic (exact) mass is 250 g/mol. The molecule has 2 N–H and O–H groups in total. The molecule has 2 rings (SSSR count). The number of rotatable bonds is 4. The van der Waals surface area contributed by atoms with Crippen molar-refractivity contribution in [1.82, 2.24) is 14.8 Å². The fourth-order valence-electron chi connectivity index (χ4n) is 1.59. The van der Waals surface area contributed by atoms with Gasteiger partial charge >= 0.3 is 0 Å². The number of benzene rings is 1. The molecule has 0 spiro atoms. The Balaban J connectivity index is 2.18. The molecule has 0 aliphatic heterocycles. The maximum absolute atomic E-state index is 13.6. The van der Waals surface area contributed by atoms with Gasteiger partial charge in [0.1, 0.15) is 12.4 Å². The van der Waals surface area contributed by atoms with Crippen LogP contribution in [-0.2, 0) is 20.2 Å². The third-order valence-electron chi connectivity index (χ3n) is 2.80. The quantitative estimate of drug-likeness (QED) is 0.888. The van der Waals surface area contributed by atoms with Crippen molar-refractivity contribution in [2.24, 2.45) is 12.8 Å². The number of para-hydroxylation sites is 1. The summed E-state index contributed by atoms with van der Waals surface area (Å²) in [7, 11) is 1.83. The first-order valence-electron chi connectivity index (χ1n) is 5.58. The van der Waals surface area contributed by atoms with Crippen molar-refractivity contribution in [1.29, 1.82) is 0 Å².